The van der Waals surface area contributed by atoms with Crippen molar-refractivity contribution in [1.29, 1.82) is 0 Å². The molecule has 0 aromatic heterocycles. The number of hydrogen-bond acceptors (Lipinski definition) is 3. The van der Waals surface area contributed by atoms with Gasteiger partial charge < -0.3 is 15.2 Å². The summed E-state index contributed by atoms with van der Waals surface area (Å²) >= 11 is 0. The van der Waals surface area contributed by atoms with Gasteiger partial charge in [0.15, 0.2) is 0 Å². The molecule has 0 atom stereocenters. The Morgan fingerprint density at radius 1 is 1.00 bits per heavy atom. The predicted octanol–water partition coefficient (Wildman–Crippen LogP) is 3.09. The van der Waals surface area contributed by atoms with Crippen LogP contribution in [-0.2, 0) is 0 Å². The third kappa shape index (κ3) is 2.09. The lowest BCUT2D eigenvalue weighted by Crippen LogP contribution is -1.96. The highest BCUT2D eigenvalue weighted by atomic mass is 19.1. The molecule has 0 bridgehead atoms. The first-order chi connectivity index (χ1) is 8.67. The number of para-hydroxylation sites is 1. The fraction of sp³-hybridized carbons (Fsp3) is 0.143. The van der Waals surface area contributed by atoms with Crippen LogP contribution in [0.15, 0.2) is 36.4 Å². The maximum Gasteiger partial charge on any atom is 0.146 e. The topological polar surface area (TPSA) is 44.5 Å². The lowest BCUT2D eigenvalue weighted by molar-refractivity contribution is 0.395. The minimum atomic E-state index is -0.439. The maximum absolute atomic E-state index is 13.5. The van der Waals surface area contributed by atoms with Gasteiger partial charge in [-0.3, -0.25) is 0 Å². The third-order valence-corrected chi connectivity index (χ3v) is 2.75. The first-order valence-electron chi connectivity index (χ1n) is 5.43. The number of methoxy groups -OCH3 is 2. The van der Waals surface area contributed by atoms with Crippen molar-refractivity contribution >= 4 is 5.69 Å². The second-order valence-corrected chi connectivity index (χ2v) is 3.77. The second-order valence-electron chi connectivity index (χ2n) is 3.77. The Balaban J connectivity index is 2.60. The summed E-state index contributed by atoms with van der Waals surface area (Å²) in [4.78, 5) is 0. The van der Waals surface area contributed by atoms with Crippen molar-refractivity contribution in [1.82, 2.24) is 0 Å². The van der Waals surface area contributed by atoms with Crippen LogP contribution in [0.25, 0.3) is 11.1 Å². The number of rotatable bonds is 3. The van der Waals surface area contributed by atoms with Gasteiger partial charge in [0, 0.05) is 17.2 Å². The largest absolute Gasteiger partial charge is 0.497 e. The van der Waals surface area contributed by atoms with Crippen LogP contribution < -0.4 is 15.2 Å². The quantitative estimate of drug-likeness (QED) is 0.848. The van der Waals surface area contributed by atoms with Crippen LogP contribution in [-0.4, -0.2) is 14.2 Å². The molecular weight excluding hydrogens is 233 g/mol. The predicted molar refractivity (Wildman–Crippen MR) is 69.4 cm³/mol. The number of nitrogens with two attached hydrogens (primary N) is 1. The highest BCUT2D eigenvalue weighted by Gasteiger charge is 2.12. The smallest absolute Gasteiger partial charge is 0.146 e. The molecule has 2 aromatic carbocycles. The number of hydrogen-bond donors (Lipinski definition) is 1. The van der Waals surface area contributed by atoms with Crippen LogP contribution in [0, 0.1) is 5.82 Å². The molecule has 2 rings (SSSR count). The van der Waals surface area contributed by atoms with Gasteiger partial charge in [0.25, 0.3) is 0 Å². The molecule has 0 radical (unpaired) electrons. The lowest BCUT2D eigenvalue weighted by atomic mass is 10.0. The van der Waals surface area contributed by atoms with Crippen LogP contribution in [0.1, 0.15) is 0 Å². The summed E-state index contributed by atoms with van der Waals surface area (Å²) in [6.45, 7) is 0. The van der Waals surface area contributed by atoms with Crippen LogP contribution in [0.4, 0.5) is 10.1 Å². The van der Waals surface area contributed by atoms with Crippen molar-refractivity contribution in [3.8, 4) is 22.6 Å². The fourth-order valence-electron chi connectivity index (χ4n) is 1.79. The van der Waals surface area contributed by atoms with E-state index in [9.17, 15) is 4.39 Å². The summed E-state index contributed by atoms with van der Waals surface area (Å²) in [5, 5.41) is 0. The van der Waals surface area contributed by atoms with Gasteiger partial charge >= 0.3 is 0 Å². The summed E-state index contributed by atoms with van der Waals surface area (Å²) in [5.74, 6) is 0.822. The summed E-state index contributed by atoms with van der Waals surface area (Å²) in [6, 6.07) is 10.0. The second kappa shape index (κ2) is 4.96. The molecule has 4 heteroatoms. The molecule has 2 aromatic rings. The van der Waals surface area contributed by atoms with Gasteiger partial charge in [-0.15, -0.1) is 0 Å². The standard InChI is InChI=1S/C14H14FNO2/c1-17-9-6-7-10(13(8-9)18-2)11-4-3-5-12(15)14(11)16/h3-8H,16H2,1-2H3. The Bertz CT molecular complexity index is 570. The van der Waals surface area contributed by atoms with Gasteiger partial charge in [0.1, 0.15) is 17.3 Å². The minimum absolute atomic E-state index is 0.112. The van der Waals surface area contributed by atoms with Gasteiger partial charge in [-0.25, -0.2) is 4.39 Å². The molecule has 0 saturated heterocycles. The van der Waals surface area contributed by atoms with E-state index >= 15 is 0 Å². The number of halogens is 1. The fourth-order valence-corrected chi connectivity index (χ4v) is 1.79. The van der Waals surface area contributed by atoms with Gasteiger partial charge in [0.05, 0.1) is 19.9 Å². The first kappa shape index (κ1) is 12.2. The molecule has 94 valence electrons. The third-order valence-electron chi connectivity index (χ3n) is 2.75. The molecule has 0 unspecified atom stereocenters. The van der Waals surface area contributed by atoms with Crippen LogP contribution in [0.5, 0.6) is 11.5 Å². The molecular formula is C14H14FNO2. The van der Waals surface area contributed by atoms with Crippen LogP contribution in [0.2, 0.25) is 0 Å². The minimum Gasteiger partial charge on any atom is -0.497 e. The molecule has 0 saturated carbocycles. The summed E-state index contributed by atoms with van der Waals surface area (Å²) in [7, 11) is 3.12. The molecule has 0 fully saturated rings. The van der Waals surface area contributed by atoms with Crippen molar-refractivity contribution < 1.29 is 13.9 Å². The SMILES string of the molecule is COc1ccc(-c2cccc(F)c2N)c(OC)c1. The van der Waals surface area contributed by atoms with E-state index in [2.05, 4.69) is 0 Å². The van der Waals surface area contributed by atoms with Crippen LogP contribution >= 0.6 is 0 Å². The van der Waals surface area contributed by atoms with Gasteiger partial charge in [-0.1, -0.05) is 12.1 Å². The number of nitrogen functional groups attached to an aromatic ring is 1. The van der Waals surface area contributed by atoms with Gasteiger partial charge in [0.2, 0.25) is 0 Å². The van der Waals surface area contributed by atoms with Crippen molar-refractivity contribution in [3.05, 3.63) is 42.2 Å². The average Bonchev–Trinajstić information content (AvgIpc) is 2.41. The van der Waals surface area contributed by atoms with Crippen molar-refractivity contribution in [2.24, 2.45) is 0 Å². The normalized spacial score (nSPS) is 10.2. The zero-order valence-electron chi connectivity index (χ0n) is 10.2. The Hall–Kier alpha value is -2.23. The zero-order chi connectivity index (χ0) is 13.1. The van der Waals surface area contributed by atoms with Crippen molar-refractivity contribution in [2.75, 3.05) is 20.0 Å². The zero-order valence-corrected chi connectivity index (χ0v) is 10.2. The lowest BCUT2D eigenvalue weighted by Gasteiger charge is -2.12. The number of anilines is 1. The van der Waals surface area contributed by atoms with Crippen molar-refractivity contribution in [2.45, 2.75) is 0 Å². The summed E-state index contributed by atoms with van der Waals surface area (Å²) < 4.78 is 23.9. The molecule has 0 heterocycles. The summed E-state index contributed by atoms with van der Waals surface area (Å²) in [6.07, 6.45) is 0. The van der Waals surface area contributed by atoms with Gasteiger partial charge in [-0.2, -0.15) is 0 Å². The average molecular weight is 247 g/mol. The summed E-state index contributed by atoms with van der Waals surface area (Å²) in [5.41, 5.74) is 7.20. The van der Waals surface area contributed by atoms with E-state index in [4.69, 9.17) is 15.2 Å². The molecule has 18 heavy (non-hydrogen) atoms. The molecule has 0 aliphatic carbocycles. The molecule has 0 amide bonds. The Morgan fingerprint density at radius 3 is 2.44 bits per heavy atom. The first-order valence-corrected chi connectivity index (χ1v) is 5.43. The van der Waals surface area contributed by atoms with E-state index in [1.807, 2.05) is 0 Å². The Kier molecular flexibility index (Phi) is 3.37. The van der Waals surface area contributed by atoms with Gasteiger partial charge in [-0.05, 0) is 18.2 Å². The molecule has 0 aliphatic rings. The number of benzene rings is 2. The monoisotopic (exact) mass is 247 g/mol. The van der Waals surface area contributed by atoms with Crippen molar-refractivity contribution in [3.63, 3.8) is 0 Å². The molecule has 2 N–H and O–H groups in total. The highest BCUT2D eigenvalue weighted by molar-refractivity contribution is 5.81. The van der Waals surface area contributed by atoms with E-state index in [1.54, 1.807) is 44.6 Å². The highest BCUT2D eigenvalue weighted by Crippen LogP contribution is 2.36. The van der Waals surface area contributed by atoms with E-state index in [0.29, 0.717) is 17.1 Å². The molecule has 0 spiro atoms. The van der Waals surface area contributed by atoms with E-state index in [1.165, 1.54) is 6.07 Å². The van der Waals surface area contributed by atoms with Crippen LogP contribution in [0.3, 0.4) is 0 Å². The van der Waals surface area contributed by atoms with E-state index < -0.39 is 5.82 Å². The Labute approximate surface area is 105 Å². The molecule has 3 nitrogen and oxygen atoms in total. The molecule has 0 aliphatic heterocycles. The number of ether oxygens (including phenoxy) is 2. The Morgan fingerprint density at radius 2 is 1.78 bits per heavy atom. The van der Waals surface area contributed by atoms with E-state index in [-0.39, 0.29) is 5.69 Å². The van der Waals surface area contributed by atoms with E-state index in [0.717, 1.165) is 5.56 Å². The maximum atomic E-state index is 13.5.